The zero-order valence-corrected chi connectivity index (χ0v) is 17.2. The minimum Gasteiger partial charge on any atom is -0.443 e. The molecule has 7 heteroatoms. The Balaban J connectivity index is 2.92. The van der Waals surface area contributed by atoms with E-state index in [-0.39, 0.29) is 30.3 Å². The first kappa shape index (κ1) is 20.8. The van der Waals surface area contributed by atoms with Crippen LogP contribution in [0.1, 0.15) is 54.4 Å². The first-order valence-corrected chi connectivity index (χ1v) is 11.3. The van der Waals surface area contributed by atoms with Crippen LogP contribution in [0.3, 0.4) is 0 Å². The van der Waals surface area contributed by atoms with Gasteiger partial charge in [0.15, 0.2) is 8.32 Å². The number of imide groups is 1. The van der Waals surface area contributed by atoms with Crippen molar-refractivity contribution in [3.05, 3.63) is 0 Å². The van der Waals surface area contributed by atoms with Crippen LogP contribution in [-0.2, 0) is 18.8 Å². The average Bonchev–Trinajstić information content (AvgIpc) is 2.31. The van der Waals surface area contributed by atoms with Crippen LogP contribution in [0.2, 0.25) is 18.1 Å². The summed E-state index contributed by atoms with van der Waals surface area (Å²) in [7, 11) is -2.05. The predicted octanol–water partition coefficient (Wildman–Crippen LogP) is 3.50. The summed E-state index contributed by atoms with van der Waals surface area (Å²) in [5, 5.41) is 0.00638. The van der Waals surface area contributed by atoms with Crippen LogP contribution < -0.4 is 0 Å². The lowest BCUT2D eigenvalue weighted by Crippen LogP contribution is -2.55. The molecule has 0 aromatic rings. The minimum atomic E-state index is -2.05. The SMILES string of the molecule is CC(C)(C)OC(=O)N1C(=O)CC(=O)C[C@H]1CO[Si](C)(C)C(C)(C)C. The van der Waals surface area contributed by atoms with Crippen molar-refractivity contribution in [2.45, 2.75) is 84.2 Å². The Bertz CT molecular complexity index is 516. The Hall–Kier alpha value is -1.21. The largest absolute Gasteiger partial charge is 0.443 e. The summed E-state index contributed by atoms with van der Waals surface area (Å²) in [6, 6.07) is -0.595. The van der Waals surface area contributed by atoms with Gasteiger partial charge in [-0.3, -0.25) is 9.59 Å². The molecule has 1 atom stereocenters. The number of piperidine rings is 1. The predicted molar refractivity (Wildman–Crippen MR) is 94.3 cm³/mol. The van der Waals surface area contributed by atoms with E-state index >= 15 is 0 Å². The Morgan fingerprint density at radius 1 is 1.17 bits per heavy atom. The maximum Gasteiger partial charge on any atom is 0.417 e. The molecule has 2 amide bonds. The molecule has 1 saturated heterocycles. The molecule has 0 N–H and O–H groups in total. The third-order valence-electron chi connectivity index (χ3n) is 4.48. The van der Waals surface area contributed by atoms with Gasteiger partial charge in [0.05, 0.1) is 19.1 Å². The van der Waals surface area contributed by atoms with Crippen molar-refractivity contribution in [2.75, 3.05) is 6.61 Å². The number of ketones is 1. The quantitative estimate of drug-likeness (QED) is 0.571. The van der Waals surface area contributed by atoms with Gasteiger partial charge in [-0.05, 0) is 38.9 Å². The molecule has 1 rings (SSSR count). The fraction of sp³-hybridized carbons (Fsp3) is 0.824. The van der Waals surface area contributed by atoms with Gasteiger partial charge in [-0.1, -0.05) is 20.8 Å². The second-order valence-electron chi connectivity index (χ2n) is 8.89. The minimum absolute atomic E-state index is 0.00638. The van der Waals surface area contributed by atoms with Gasteiger partial charge in [0.25, 0.3) is 0 Å². The third kappa shape index (κ3) is 5.41. The maximum atomic E-state index is 12.4. The Kier molecular flexibility index (Phi) is 6.04. The summed E-state index contributed by atoms with van der Waals surface area (Å²) in [6.45, 7) is 15.9. The lowest BCUT2D eigenvalue weighted by Gasteiger charge is -2.40. The van der Waals surface area contributed by atoms with E-state index in [0.717, 1.165) is 4.90 Å². The van der Waals surface area contributed by atoms with Gasteiger partial charge in [-0.15, -0.1) is 0 Å². The van der Waals surface area contributed by atoms with Gasteiger partial charge in [0, 0.05) is 6.42 Å². The molecule has 0 aromatic heterocycles. The van der Waals surface area contributed by atoms with E-state index in [4.69, 9.17) is 9.16 Å². The number of Topliss-reactive ketones (excluding diaryl/α,β-unsaturated/α-hetero) is 1. The zero-order chi connectivity index (χ0) is 18.9. The van der Waals surface area contributed by atoms with Crippen molar-refractivity contribution in [2.24, 2.45) is 0 Å². The fourth-order valence-corrected chi connectivity index (χ4v) is 3.14. The maximum absolute atomic E-state index is 12.4. The van der Waals surface area contributed by atoms with Gasteiger partial charge in [-0.25, -0.2) is 9.69 Å². The summed E-state index contributed by atoms with van der Waals surface area (Å²) in [4.78, 5) is 37.5. The fourth-order valence-electron chi connectivity index (χ4n) is 2.10. The standard InChI is InChI=1S/C17H31NO5Si/c1-16(2,3)23-15(21)18-12(9-13(19)10-14(18)20)11-22-24(7,8)17(4,5)6/h12H,9-11H2,1-8H3/t12-/m0/s1. The van der Waals surface area contributed by atoms with E-state index in [1.165, 1.54) is 0 Å². The van der Waals surface area contributed by atoms with Crippen molar-refractivity contribution in [3.63, 3.8) is 0 Å². The highest BCUT2D eigenvalue weighted by atomic mass is 28.4. The van der Waals surface area contributed by atoms with Crippen molar-refractivity contribution in [1.29, 1.82) is 0 Å². The molecule has 1 heterocycles. The highest BCUT2D eigenvalue weighted by Crippen LogP contribution is 2.37. The molecule has 24 heavy (non-hydrogen) atoms. The molecule has 6 nitrogen and oxygen atoms in total. The lowest BCUT2D eigenvalue weighted by molar-refractivity contribution is -0.142. The molecule has 1 fully saturated rings. The monoisotopic (exact) mass is 357 g/mol. The molecular formula is C17H31NO5Si. The molecule has 0 bridgehead atoms. The van der Waals surface area contributed by atoms with Gasteiger partial charge < -0.3 is 9.16 Å². The number of amides is 2. The first-order valence-electron chi connectivity index (χ1n) is 8.35. The number of rotatable bonds is 3. The molecule has 138 valence electrons. The number of carbonyl (C=O) groups excluding carboxylic acids is 3. The highest BCUT2D eigenvalue weighted by Gasteiger charge is 2.42. The summed E-state index contributed by atoms with van der Waals surface area (Å²) >= 11 is 0. The molecule has 0 aliphatic carbocycles. The van der Waals surface area contributed by atoms with Crippen molar-refractivity contribution < 1.29 is 23.5 Å². The summed E-state index contributed by atoms with van der Waals surface area (Å²) < 4.78 is 11.4. The number of hydrogen-bond donors (Lipinski definition) is 0. The van der Waals surface area contributed by atoms with Crippen LogP contribution in [-0.4, -0.2) is 49.3 Å². The van der Waals surface area contributed by atoms with E-state index in [0.29, 0.717) is 0 Å². The normalized spacial score (nSPS) is 20.3. The van der Waals surface area contributed by atoms with Gasteiger partial charge in [0.1, 0.15) is 11.4 Å². The molecule has 0 saturated carbocycles. The number of nitrogens with zero attached hydrogens (tertiary/aromatic N) is 1. The summed E-state index contributed by atoms with van der Waals surface area (Å²) in [5.41, 5.74) is -0.705. The number of carbonyl (C=O) groups is 3. The van der Waals surface area contributed by atoms with Gasteiger partial charge in [0.2, 0.25) is 5.91 Å². The zero-order valence-electron chi connectivity index (χ0n) is 16.2. The number of ether oxygens (including phenoxy) is 1. The molecule has 1 aliphatic heterocycles. The van der Waals surface area contributed by atoms with E-state index in [2.05, 4.69) is 33.9 Å². The van der Waals surface area contributed by atoms with Crippen LogP contribution >= 0.6 is 0 Å². The Labute approximate surface area is 146 Å². The van der Waals surface area contributed by atoms with Gasteiger partial charge in [-0.2, -0.15) is 0 Å². The molecule has 0 radical (unpaired) electrons. The lowest BCUT2D eigenvalue weighted by atomic mass is 10.0. The van der Waals surface area contributed by atoms with Crippen molar-refractivity contribution in [3.8, 4) is 0 Å². The first-order chi connectivity index (χ1) is 10.6. The van der Waals surface area contributed by atoms with Crippen LogP contribution in [0, 0.1) is 0 Å². The third-order valence-corrected chi connectivity index (χ3v) is 8.98. The second kappa shape index (κ2) is 6.96. The molecular weight excluding hydrogens is 326 g/mol. The highest BCUT2D eigenvalue weighted by molar-refractivity contribution is 6.74. The Morgan fingerprint density at radius 3 is 2.17 bits per heavy atom. The van der Waals surface area contributed by atoms with E-state index in [9.17, 15) is 14.4 Å². The number of likely N-dealkylation sites (tertiary alicyclic amines) is 1. The van der Waals surface area contributed by atoms with Gasteiger partial charge >= 0.3 is 6.09 Å². The summed E-state index contributed by atoms with van der Waals surface area (Å²) in [6.07, 6.45) is -0.834. The van der Waals surface area contributed by atoms with Crippen molar-refractivity contribution in [1.82, 2.24) is 4.90 Å². The van der Waals surface area contributed by atoms with Crippen molar-refractivity contribution >= 4 is 26.1 Å². The molecule has 0 spiro atoms. The summed E-state index contributed by atoms with van der Waals surface area (Å²) in [5.74, 6) is -0.673. The van der Waals surface area contributed by atoms with E-state index in [1.807, 2.05) is 0 Å². The smallest absolute Gasteiger partial charge is 0.417 e. The molecule has 0 unspecified atom stereocenters. The Morgan fingerprint density at radius 2 is 1.71 bits per heavy atom. The van der Waals surface area contributed by atoms with Crippen LogP contribution in [0.4, 0.5) is 4.79 Å². The van der Waals surface area contributed by atoms with Crippen LogP contribution in [0.15, 0.2) is 0 Å². The topological polar surface area (TPSA) is 72.9 Å². The van der Waals surface area contributed by atoms with E-state index in [1.54, 1.807) is 20.8 Å². The van der Waals surface area contributed by atoms with E-state index < -0.39 is 32.0 Å². The van der Waals surface area contributed by atoms with Crippen LogP contribution in [0.5, 0.6) is 0 Å². The number of hydrogen-bond acceptors (Lipinski definition) is 5. The second-order valence-corrected chi connectivity index (χ2v) is 13.7. The molecule has 1 aliphatic rings. The van der Waals surface area contributed by atoms with Crippen LogP contribution in [0.25, 0.3) is 0 Å². The molecule has 0 aromatic carbocycles. The average molecular weight is 358 g/mol.